The number of carbonyl (C=O) groups excluding carboxylic acids is 1. The molecular formula is C9H11N3O3S2. The second-order valence-electron chi connectivity index (χ2n) is 3.06. The van der Waals surface area contributed by atoms with Crippen molar-refractivity contribution in [3.05, 3.63) is 23.9 Å². The van der Waals surface area contributed by atoms with Gasteiger partial charge in [-0.3, -0.25) is 9.59 Å². The first-order chi connectivity index (χ1) is 8.00. The molecule has 0 saturated heterocycles. The van der Waals surface area contributed by atoms with Gasteiger partial charge in [-0.2, -0.15) is 0 Å². The third kappa shape index (κ3) is 4.63. The number of carboxylic acid groups (broad SMARTS) is 1. The van der Waals surface area contributed by atoms with Crippen molar-refractivity contribution in [3.8, 4) is 0 Å². The average Bonchev–Trinajstić information content (AvgIpc) is 2.29. The molecule has 8 heteroatoms. The Morgan fingerprint density at radius 2 is 2.18 bits per heavy atom. The van der Waals surface area contributed by atoms with Crippen LogP contribution in [0, 0.1) is 0 Å². The van der Waals surface area contributed by atoms with Crippen LogP contribution in [0.1, 0.15) is 10.4 Å². The Hall–Kier alpha value is -1.25. The van der Waals surface area contributed by atoms with E-state index < -0.39 is 17.9 Å². The predicted octanol–water partition coefficient (Wildman–Crippen LogP) is 0.333. The van der Waals surface area contributed by atoms with E-state index in [0.29, 0.717) is 10.6 Å². The number of carbonyl (C=O) groups is 2. The van der Waals surface area contributed by atoms with E-state index in [1.54, 1.807) is 12.1 Å². The highest BCUT2D eigenvalue weighted by atomic mass is 33.1. The number of hydrogen-bond donors (Lipinski definition) is 3. The normalized spacial score (nSPS) is 12.1. The molecule has 0 radical (unpaired) electrons. The van der Waals surface area contributed by atoms with E-state index in [9.17, 15) is 9.59 Å². The summed E-state index contributed by atoms with van der Waals surface area (Å²) in [6.45, 7) is 0. The maximum absolute atomic E-state index is 10.8. The first-order valence-electron chi connectivity index (χ1n) is 4.54. The summed E-state index contributed by atoms with van der Waals surface area (Å²) in [7, 11) is 2.59. The lowest BCUT2D eigenvalue weighted by Crippen LogP contribution is -2.32. The quantitative estimate of drug-likeness (QED) is 0.639. The molecule has 0 unspecified atom stereocenters. The summed E-state index contributed by atoms with van der Waals surface area (Å²) >= 11 is 0. The third-order valence-electron chi connectivity index (χ3n) is 1.73. The van der Waals surface area contributed by atoms with Gasteiger partial charge in [0, 0.05) is 11.9 Å². The Morgan fingerprint density at radius 3 is 2.65 bits per heavy atom. The molecule has 5 N–H and O–H groups in total. The van der Waals surface area contributed by atoms with Crippen LogP contribution in [0.3, 0.4) is 0 Å². The number of aliphatic carboxylic acids is 1. The lowest BCUT2D eigenvalue weighted by molar-refractivity contribution is -0.137. The number of hydrogen-bond acceptors (Lipinski definition) is 6. The molecule has 0 saturated carbocycles. The molecule has 0 aromatic carbocycles. The molecule has 1 heterocycles. The van der Waals surface area contributed by atoms with Gasteiger partial charge >= 0.3 is 5.97 Å². The Bertz CT molecular complexity index is 410. The van der Waals surface area contributed by atoms with Crippen molar-refractivity contribution < 1.29 is 14.7 Å². The Kier molecular flexibility index (Phi) is 5.26. The first-order valence-corrected chi connectivity index (χ1v) is 6.86. The van der Waals surface area contributed by atoms with Crippen LogP contribution in [0.25, 0.3) is 0 Å². The zero-order chi connectivity index (χ0) is 12.8. The predicted molar refractivity (Wildman–Crippen MR) is 66.7 cm³/mol. The molecule has 0 bridgehead atoms. The van der Waals surface area contributed by atoms with Crippen LogP contribution in [0.15, 0.2) is 23.4 Å². The van der Waals surface area contributed by atoms with E-state index in [1.165, 1.54) is 27.8 Å². The van der Waals surface area contributed by atoms with Crippen molar-refractivity contribution in [2.24, 2.45) is 11.5 Å². The molecule has 1 atom stereocenters. The monoisotopic (exact) mass is 273 g/mol. The Labute approximate surface area is 106 Å². The number of amides is 1. The summed E-state index contributed by atoms with van der Waals surface area (Å²) in [4.78, 5) is 25.2. The topological polar surface area (TPSA) is 119 Å². The van der Waals surface area contributed by atoms with Crippen LogP contribution in [0.5, 0.6) is 0 Å². The van der Waals surface area contributed by atoms with E-state index in [1.807, 2.05) is 0 Å². The van der Waals surface area contributed by atoms with Crippen LogP contribution in [0.4, 0.5) is 0 Å². The number of aromatic nitrogens is 1. The number of carboxylic acids is 1. The number of primary amides is 1. The SMILES string of the molecule is NC(=O)c1ccc(SSC[C@H](N)C(=O)O)nc1. The molecule has 0 aliphatic carbocycles. The maximum atomic E-state index is 10.8. The highest BCUT2D eigenvalue weighted by Gasteiger charge is 2.11. The van der Waals surface area contributed by atoms with Gasteiger partial charge in [0.25, 0.3) is 0 Å². The largest absolute Gasteiger partial charge is 0.480 e. The van der Waals surface area contributed by atoms with E-state index in [2.05, 4.69) is 4.98 Å². The average molecular weight is 273 g/mol. The van der Waals surface area contributed by atoms with Gasteiger partial charge in [-0.05, 0) is 22.9 Å². The summed E-state index contributed by atoms with van der Waals surface area (Å²) < 4.78 is 0. The number of nitrogens with two attached hydrogens (primary N) is 2. The fraction of sp³-hybridized carbons (Fsp3) is 0.222. The zero-order valence-electron chi connectivity index (χ0n) is 8.70. The van der Waals surface area contributed by atoms with Crippen molar-refractivity contribution in [3.63, 3.8) is 0 Å². The highest BCUT2D eigenvalue weighted by Crippen LogP contribution is 2.29. The van der Waals surface area contributed by atoms with Gasteiger partial charge in [0.1, 0.15) is 11.1 Å². The van der Waals surface area contributed by atoms with E-state index >= 15 is 0 Å². The summed E-state index contributed by atoms with van der Waals surface area (Å²) in [5, 5.41) is 9.23. The summed E-state index contributed by atoms with van der Waals surface area (Å²) in [6, 6.07) is 2.32. The van der Waals surface area contributed by atoms with Crippen molar-refractivity contribution in [2.75, 3.05) is 5.75 Å². The van der Waals surface area contributed by atoms with Crippen LogP contribution < -0.4 is 11.5 Å². The lowest BCUT2D eigenvalue weighted by Gasteiger charge is -2.04. The van der Waals surface area contributed by atoms with Gasteiger partial charge in [-0.15, -0.1) is 0 Å². The number of pyridine rings is 1. The van der Waals surface area contributed by atoms with Crippen molar-refractivity contribution >= 4 is 33.5 Å². The van der Waals surface area contributed by atoms with Crippen LogP contribution in [0.2, 0.25) is 0 Å². The summed E-state index contributed by atoms with van der Waals surface area (Å²) in [6.07, 6.45) is 1.38. The van der Waals surface area contributed by atoms with Gasteiger partial charge in [0.05, 0.1) is 5.56 Å². The second-order valence-corrected chi connectivity index (χ2v) is 5.42. The van der Waals surface area contributed by atoms with E-state index in [4.69, 9.17) is 16.6 Å². The summed E-state index contributed by atoms with van der Waals surface area (Å²) in [5.74, 6) is -1.29. The van der Waals surface area contributed by atoms with Gasteiger partial charge in [0.15, 0.2) is 0 Å². The molecule has 1 aromatic heterocycles. The molecular weight excluding hydrogens is 262 g/mol. The molecule has 0 fully saturated rings. The minimum Gasteiger partial charge on any atom is -0.480 e. The molecule has 1 amide bonds. The minimum absolute atomic E-state index is 0.277. The van der Waals surface area contributed by atoms with Crippen LogP contribution >= 0.6 is 21.6 Å². The van der Waals surface area contributed by atoms with Gasteiger partial charge in [0.2, 0.25) is 5.91 Å². The Balaban J connectivity index is 2.42. The maximum Gasteiger partial charge on any atom is 0.321 e. The molecule has 17 heavy (non-hydrogen) atoms. The van der Waals surface area contributed by atoms with Gasteiger partial charge in [-0.1, -0.05) is 10.8 Å². The molecule has 0 aliphatic heterocycles. The molecule has 1 aromatic rings. The minimum atomic E-state index is -1.03. The first kappa shape index (κ1) is 13.8. The summed E-state index contributed by atoms with van der Waals surface area (Å²) in [5.41, 5.74) is 10.7. The molecule has 6 nitrogen and oxygen atoms in total. The van der Waals surface area contributed by atoms with Crippen LogP contribution in [-0.2, 0) is 4.79 Å². The number of nitrogens with zero attached hydrogens (tertiary/aromatic N) is 1. The highest BCUT2D eigenvalue weighted by molar-refractivity contribution is 8.76. The third-order valence-corrected chi connectivity index (χ3v) is 4.03. The Morgan fingerprint density at radius 1 is 1.47 bits per heavy atom. The zero-order valence-corrected chi connectivity index (χ0v) is 10.3. The standard InChI is InChI=1S/C9H11N3O3S2/c10-6(9(14)15)4-16-17-7-2-1-5(3-12-7)8(11)13/h1-3,6H,4,10H2,(H2,11,13)(H,14,15)/t6-/m0/s1. The number of rotatable bonds is 6. The second kappa shape index (κ2) is 6.48. The molecule has 1 rings (SSSR count). The van der Waals surface area contributed by atoms with Gasteiger partial charge in [-0.25, -0.2) is 4.98 Å². The van der Waals surface area contributed by atoms with Crippen LogP contribution in [-0.4, -0.2) is 33.8 Å². The van der Waals surface area contributed by atoms with Gasteiger partial charge < -0.3 is 16.6 Å². The van der Waals surface area contributed by atoms with E-state index in [-0.39, 0.29) is 5.75 Å². The smallest absolute Gasteiger partial charge is 0.321 e. The van der Waals surface area contributed by atoms with Crippen molar-refractivity contribution in [1.82, 2.24) is 4.98 Å². The molecule has 0 spiro atoms. The van der Waals surface area contributed by atoms with Crippen molar-refractivity contribution in [2.45, 2.75) is 11.1 Å². The van der Waals surface area contributed by atoms with Crippen molar-refractivity contribution in [1.29, 1.82) is 0 Å². The fourth-order valence-corrected chi connectivity index (χ4v) is 2.81. The molecule has 92 valence electrons. The fourth-order valence-electron chi connectivity index (χ4n) is 0.814. The molecule has 0 aliphatic rings. The lowest BCUT2D eigenvalue weighted by atomic mass is 10.3. The van der Waals surface area contributed by atoms with E-state index in [0.717, 1.165) is 0 Å².